The van der Waals surface area contributed by atoms with E-state index in [-0.39, 0.29) is 12.0 Å². The van der Waals surface area contributed by atoms with Gasteiger partial charge in [-0.15, -0.1) is 11.3 Å². The molecule has 1 aliphatic heterocycles. The van der Waals surface area contributed by atoms with Crippen molar-refractivity contribution in [2.75, 3.05) is 38.1 Å². The number of benzene rings is 3. The SMILES string of the molecule is CCOC(=O)c1c(NC(=S)N2CCN(C(c3ccccc3)c3ccccc3)CC2)sc(C)c1-c1ccccc1. The van der Waals surface area contributed by atoms with Crippen LogP contribution in [0.3, 0.4) is 0 Å². The number of ether oxygens (including phenoxy) is 1. The van der Waals surface area contributed by atoms with Crippen LogP contribution < -0.4 is 5.32 Å². The number of anilines is 1. The summed E-state index contributed by atoms with van der Waals surface area (Å²) < 4.78 is 5.46. The summed E-state index contributed by atoms with van der Waals surface area (Å²) in [4.78, 5) is 18.9. The largest absolute Gasteiger partial charge is 0.462 e. The molecule has 39 heavy (non-hydrogen) atoms. The summed E-state index contributed by atoms with van der Waals surface area (Å²) in [6.45, 7) is 7.53. The third kappa shape index (κ3) is 6.06. The lowest BCUT2D eigenvalue weighted by Gasteiger charge is -2.40. The van der Waals surface area contributed by atoms with Crippen molar-refractivity contribution in [1.82, 2.24) is 9.80 Å². The number of hydrogen-bond donors (Lipinski definition) is 1. The number of nitrogens with zero attached hydrogens (tertiary/aromatic N) is 2. The van der Waals surface area contributed by atoms with Crippen molar-refractivity contribution in [2.45, 2.75) is 19.9 Å². The summed E-state index contributed by atoms with van der Waals surface area (Å²) in [6, 6.07) is 31.5. The summed E-state index contributed by atoms with van der Waals surface area (Å²) in [5.74, 6) is -0.329. The average Bonchev–Trinajstić information content (AvgIpc) is 3.30. The van der Waals surface area contributed by atoms with Gasteiger partial charge in [0.1, 0.15) is 10.6 Å². The van der Waals surface area contributed by atoms with E-state index in [1.807, 2.05) is 44.2 Å². The maximum atomic E-state index is 13.1. The van der Waals surface area contributed by atoms with Gasteiger partial charge in [-0.1, -0.05) is 91.0 Å². The fourth-order valence-electron chi connectivity index (χ4n) is 5.23. The minimum Gasteiger partial charge on any atom is -0.462 e. The van der Waals surface area contributed by atoms with Crippen LogP contribution in [0.2, 0.25) is 0 Å². The molecule has 1 aromatic heterocycles. The number of carbonyl (C=O) groups is 1. The Morgan fingerprint density at radius 1 is 0.897 bits per heavy atom. The number of thiophene rings is 1. The Bertz CT molecular complexity index is 1360. The third-order valence-corrected chi connectivity index (χ3v) is 8.42. The highest BCUT2D eigenvalue weighted by molar-refractivity contribution is 7.80. The molecule has 1 aliphatic rings. The highest BCUT2D eigenvalue weighted by atomic mass is 32.1. The smallest absolute Gasteiger partial charge is 0.341 e. The molecule has 3 aromatic carbocycles. The fourth-order valence-corrected chi connectivity index (χ4v) is 6.64. The first kappa shape index (κ1) is 27.1. The maximum absolute atomic E-state index is 13.1. The molecule has 0 saturated carbocycles. The number of thiocarbonyl (C=S) groups is 1. The molecule has 0 spiro atoms. The van der Waals surface area contributed by atoms with Crippen molar-refractivity contribution in [3.63, 3.8) is 0 Å². The average molecular weight is 556 g/mol. The van der Waals surface area contributed by atoms with Gasteiger partial charge < -0.3 is 15.0 Å². The Hall–Kier alpha value is -3.52. The number of esters is 1. The van der Waals surface area contributed by atoms with Crippen LogP contribution in [-0.4, -0.2) is 53.7 Å². The molecule has 5 nitrogen and oxygen atoms in total. The monoisotopic (exact) mass is 555 g/mol. The second-order valence-corrected chi connectivity index (χ2v) is 11.1. The summed E-state index contributed by atoms with van der Waals surface area (Å²) in [6.07, 6.45) is 0. The summed E-state index contributed by atoms with van der Waals surface area (Å²) in [7, 11) is 0. The molecule has 0 bridgehead atoms. The molecule has 1 fully saturated rings. The normalized spacial score (nSPS) is 13.9. The van der Waals surface area contributed by atoms with E-state index in [0.29, 0.717) is 17.3 Å². The molecule has 0 unspecified atom stereocenters. The van der Waals surface area contributed by atoms with Crippen LogP contribution in [0.15, 0.2) is 91.0 Å². The van der Waals surface area contributed by atoms with Crippen molar-refractivity contribution in [1.29, 1.82) is 0 Å². The Morgan fingerprint density at radius 2 is 1.44 bits per heavy atom. The number of piperazine rings is 1. The molecular weight excluding hydrogens is 523 g/mol. The Morgan fingerprint density at radius 3 is 1.97 bits per heavy atom. The molecule has 1 N–H and O–H groups in total. The topological polar surface area (TPSA) is 44.8 Å². The van der Waals surface area contributed by atoms with E-state index in [9.17, 15) is 4.79 Å². The van der Waals surface area contributed by atoms with E-state index in [1.54, 1.807) is 11.3 Å². The molecular formula is C32H33N3O2S2. The van der Waals surface area contributed by atoms with Gasteiger partial charge in [-0.2, -0.15) is 0 Å². The van der Waals surface area contributed by atoms with E-state index in [1.165, 1.54) is 11.1 Å². The summed E-state index contributed by atoms with van der Waals surface area (Å²) in [5, 5.41) is 4.79. The van der Waals surface area contributed by atoms with Crippen molar-refractivity contribution in [2.24, 2.45) is 0 Å². The van der Waals surface area contributed by atoms with Gasteiger partial charge >= 0.3 is 5.97 Å². The van der Waals surface area contributed by atoms with Gasteiger partial charge in [-0.25, -0.2) is 4.79 Å². The fraction of sp³-hybridized carbons (Fsp3) is 0.250. The quantitative estimate of drug-likeness (QED) is 0.196. The van der Waals surface area contributed by atoms with Crippen molar-refractivity contribution in [3.8, 4) is 11.1 Å². The van der Waals surface area contributed by atoms with Crippen molar-refractivity contribution in [3.05, 3.63) is 113 Å². The minimum absolute atomic E-state index is 0.194. The van der Waals surface area contributed by atoms with Crippen LogP contribution in [0.25, 0.3) is 11.1 Å². The molecule has 0 aliphatic carbocycles. The zero-order chi connectivity index (χ0) is 27.2. The van der Waals surface area contributed by atoms with Gasteiger partial charge in [0.05, 0.1) is 12.6 Å². The molecule has 4 aromatic rings. The van der Waals surface area contributed by atoms with Crippen molar-refractivity contribution < 1.29 is 9.53 Å². The van der Waals surface area contributed by atoms with Crippen LogP contribution in [0.4, 0.5) is 5.00 Å². The van der Waals surface area contributed by atoms with Gasteiger partial charge in [-0.05, 0) is 42.8 Å². The first-order valence-corrected chi connectivity index (χ1v) is 14.5. The standard InChI is InChI=1S/C32H33N3O2S2/c1-3-37-31(36)28-27(24-13-7-4-8-14-24)23(2)39-30(28)33-32(38)35-21-19-34(20-22-35)29(25-15-9-5-10-16-25)26-17-11-6-12-18-26/h4-18,29H,3,19-22H2,1-2H3,(H,33,38). The highest BCUT2D eigenvalue weighted by Gasteiger charge is 2.29. The lowest BCUT2D eigenvalue weighted by atomic mass is 9.96. The molecule has 200 valence electrons. The predicted molar refractivity (Wildman–Crippen MR) is 165 cm³/mol. The molecule has 0 atom stereocenters. The first-order chi connectivity index (χ1) is 19.1. The number of nitrogens with one attached hydrogen (secondary N) is 1. The third-order valence-electron chi connectivity index (χ3n) is 7.04. The number of carbonyl (C=O) groups excluding carboxylic acids is 1. The summed E-state index contributed by atoms with van der Waals surface area (Å²) in [5.41, 5.74) is 5.04. The van der Waals surface area contributed by atoms with E-state index in [2.05, 4.69) is 75.8 Å². The van der Waals surface area contributed by atoms with Gasteiger partial charge in [0.2, 0.25) is 0 Å². The minimum atomic E-state index is -0.329. The molecule has 0 amide bonds. The van der Waals surface area contributed by atoms with Crippen LogP contribution in [-0.2, 0) is 4.74 Å². The second-order valence-electron chi connectivity index (χ2n) is 9.50. The van der Waals surface area contributed by atoms with Crippen LogP contribution in [0.1, 0.15) is 39.3 Å². The second kappa shape index (κ2) is 12.6. The number of aryl methyl sites for hydroxylation is 1. The predicted octanol–water partition coefficient (Wildman–Crippen LogP) is 7.00. The number of rotatable bonds is 7. The molecule has 7 heteroatoms. The van der Waals surface area contributed by atoms with E-state index in [4.69, 9.17) is 17.0 Å². The lowest BCUT2D eigenvalue weighted by Crippen LogP contribution is -2.51. The Balaban J connectivity index is 1.33. The van der Waals surface area contributed by atoms with Crippen LogP contribution in [0.5, 0.6) is 0 Å². The van der Waals surface area contributed by atoms with Gasteiger partial charge in [0.15, 0.2) is 5.11 Å². The maximum Gasteiger partial charge on any atom is 0.341 e. The zero-order valence-electron chi connectivity index (χ0n) is 22.3. The van der Waals surface area contributed by atoms with Gasteiger partial charge in [0.25, 0.3) is 0 Å². The zero-order valence-corrected chi connectivity index (χ0v) is 23.9. The lowest BCUT2D eigenvalue weighted by molar-refractivity contribution is 0.0529. The molecule has 0 radical (unpaired) electrons. The molecule has 1 saturated heterocycles. The molecule has 5 rings (SSSR count). The highest BCUT2D eigenvalue weighted by Crippen LogP contribution is 2.40. The van der Waals surface area contributed by atoms with Crippen LogP contribution in [0, 0.1) is 6.92 Å². The molecule has 2 heterocycles. The van der Waals surface area contributed by atoms with Gasteiger partial charge in [-0.3, -0.25) is 4.90 Å². The first-order valence-electron chi connectivity index (χ1n) is 13.3. The van der Waals surface area contributed by atoms with E-state index >= 15 is 0 Å². The van der Waals surface area contributed by atoms with E-state index < -0.39 is 0 Å². The van der Waals surface area contributed by atoms with Crippen LogP contribution >= 0.6 is 23.6 Å². The summed E-state index contributed by atoms with van der Waals surface area (Å²) >= 11 is 7.42. The Labute approximate surface area is 240 Å². The Kier molecular flexibility index (Phi) is 8.71. The number of hydrogen-bond acceptors (Lipinski definition) is 5. The van der Waals surface area contributed by atoms with Gasteiger partial charge in [0, 0.05) is 36.6 Å². The van der Waals surface area contributed by atoms with E-state index in [0.717, 1.165) is 47.2 Å². The van der Waals surface area contributed by atoms with Crippen molar-refractivity contribution >= 4 is 39.6 Å².